The standard InChI is InChI=1S/C2H2N2S/c3-4-1-2-5/h2,5H. The monoisotopic (exact) mass is 86.0 g/mol. The Morgan fingerprint density at radius 2 is 2.60 bits per heavy atom. The highest BCUT2D eigenvalue weighted by Crippen LogP contribution is 1.57. The van der Waals surface area contributed by atoms with Crippen LogP contribution in [0.15, 0.2) is 5.41 Å². The highest BCUT2D eigenvalue weighted by molar-refractivity contribution is 7.83. The molecule has 0 saturated carbocycles. The predicted molar refractivity (Wildman–Crippen MR) is 22.2 cm³/mol. The van der Waals surface area contributed by atoms with E-state index in [1.54, 1.807) is 0 Å². The summed E-state index contributed by atoms with van der Waals surface area (Å²) in [4.78, 5) is 2.47. The molecule has 0 aliphatic rings. The third-order valence-electron chi connectivity index (χ3n) is 0.115. The van der Waals surface area contributed by atoms with Gasteiger partial charge in [0.1, 0.15) is 0 Å². The van der Waals surface area contributed by atoms with Gasteiger partial charge in [0.15, 0.2) is 0 Å². The first-order valence-corrected chi connectivity index (χ1v) is 1.49. The number of hydrogen-bond donors (Lipinski definition) is 1. The summed E-state index contributed by atoms with van der Waals surface area (Å²) >= 11 is 3.51. The van der Waals surface area contributed by atoms with Crippen LogP contribution in [0.3, 0.4) is 0 Å². The van der Waals surface area contributed by atoms with Crippen LogP contribution < -0.4 is 0 Å². The van der Waals surface area contributed by atoms with Crippen molar-refractivity contribution in [2.75, 3.05) is 0 Å². The second-order valence-electron chi connectivity index (χ2n) is 0.358. The molecule has 0 aliphatic carbocycles. The van der Waals surface area contributed by atoms with Crippen LogP contribution in [0.1, 0.15) is 0 Å². The van der Waals surface area contributed by atoms with E-state index in [-0.39, 0.29) is 0 Å². The molecule has 0 heterocycles. The molecule has 0 aromatic rings. The van der Waals surface area contributed by atoms with Gasteiger partial charge in [-0.05, 0) is 0 Å². The largest absolute Gasteiger partial charge is 0.348 e. The first kappa shape index (κ1) is 4.51. The summed E-state index contributed by atoms with van der Waals surface area (Å²) in [5, 5.41) is 1.21. The lowest BCUT2D eigenvalue weighted by Crippen LogP contribution is -1.40. The van der Waals surface area contributed by atoms with Gasteiger partial charge in [-0.1, -0.05) is 0 Å². The highest BCUT2D eigenvalue weighted by atomic mass is 32.1. The van der Waals surface area contributed by atoms with Gasteiger partial charge in [0, 0.05) is 0 Å². The number of hydrogen-bond acceptors (Lipinski definition) is 1. The highest BCUT2D eigenvalue weighted by Gasteiger charge is 1.43. The number of nitrogens with zero attached hydrogens (tertiary/aromatic N) is 2. The van der Waals surface area contributed by atoms with Crippen molar-refractivity contribution in [2.45, 2.75) is 0 Å². The van der Waals surface area contributed by atoms with E-state index in [1.807, 2.05) is 5.87 Å². The average Bonchev–Trinajstić information content (AvgIpc) is 1.41. The molecule has 5 heavy (non-hydrogen) atoms. The molecule has 26 valence electrons. The summed E-state index contributed by atoms with van der Waals surface area (Å²) in [6, 6.07) is 0. The fraction of sp³-hybridized carbons (Fsp3) is 0. The Bertz CT molecular complexity index is 85.8. The molecule has 0 spiro atoms. The van der Waals surface area contributed by atoms with Gasteiger partial charge >= 0.3 is 5.87 Å². The van der Waals surface area contributed by atoms with Gasteiger partial charge in [-0.15, -0.1) is 17.4 Å². The molecule has 0 aliphatic heterocycles. The summed E-state index contributed by atoms with van der Waals surface area (Å²) in [5.41, 5.74) is 7.50. The van der Waals surface area contributed by atoms with Crippen LogP contribution in [0, 0.1) is 0 Å². The normalized spacial score (nSPS) is 4.20. The van der Waals surface area contributed by atoms with E-state index < -0.39 is 0 Å². The van der Waals surface area contributed by atoms with Gasteiger partial charge in [0.2, 0.25) is 0 Å². The van der Waals surface area contributed by atoms with Crippen LogP contribution in [0.2, 0.25) is 0 Å². The minimum Gasteiger partial charge on any atom is -0.348 e. The van der Waals surface area contributed by atoms with E-state index >= 15 is 0 Å². The maximum atomic E-state index is 7.50. The van der Waals surface area contributed by atoms with Crippen molar-refractivity contribution < 1.29 is 4.79 Å². The van der Waals surface area contributed by atoms with E-state index in [1.165, 1.54) is 5.41 Å². The van der Waals surface area contributed by atoms with Crippen LogP contribution in [0.4, 0.5) is 0 Å². The van der Waals surface area contributed by atoms with Gasteiger partial charge in [-0.3, -0.25) is 0 Å². The van der Waals surface area contributed by atoms with Gasteiger partial charge in [0.25, 0.3) is 0 Å². The van der Waals surface area contributed by atoms with Gasteiger partial charge in [0.05, 0.1) is 5.41 Å². The quantitative estimate of drug-likeness (QED) is 0.191. The van der Waals surface area contributed by atoms with Crippen LogP contribution in [0.25, 0.3) is 5.53 Å². The first-order chi connectivity index (χ1) is 2.41. The van der Waals surface area contributed by atoms with E-state index in [0.29, 0.717) is 0 Å². The Morgan fingerprint density at radius 3 is 2.60 bits per heavy atom. The van der Waals surface area contributed by atoms with Crippen molar-refractivity contribution >= 4 is 18.5 Å². The van der Waals surface area contributed by atoms with Crippen molar-refractivity contribution in [1.82, 2.24) is 0 Å². The van der Waals surface area contributed by atoms with E-state index in [2.05, 4.69) is 17.4 Å². The third-order valence-corrected chi connectivity index (χ3v) is 0.231. The summed E-state index contributed by atoms with van der Waals surface area (Å²) in [6.07, 6.45) is 0. The second kappa shape index (κ2) is 3.51. The summed E-state index contributed by atoms with van der Waals surface area (Å²) in [7, 11) is 0. The molecule has 0 fully saturated rings. The molecule has 0 bridgehead atoms. The smallest absolute Gasteiger partial charge is 0.306 e. The predicted octanol–water partition coefficient (Wildman–Crippen LogP) is 0.329. The first-order valence-electron chi connectivity index (χ1n) is 0.970. The molecule has 0 radical (unpaired) electrons. The number of rotatable bonds is 0. The molecule has 0 aromatic carbocycles. The number of thiol groups is 1. The van der Waals surface area contributed by atoms with Crippen LogP contribution in [0.5, 0.6) is 0 Å². The van der Waals surface area contributed by atoms with Crippen LogP contribution in [-0.2, 0) is 0 Å². The molecule has 0 atom stereocenters. The van der Waals surface area contributed by atoms with E-state index in [9.17, 15) is 0 Å². The molecule has 0 rings (SSSR count). The molecule has 0 amide bonds. The molecular weight excluding hydrogens is 84.1 g/mol. The Balaban J connectivity index is 3.75. The van der Waals surface area contributed by atoms with Crippen molar-refractivity contribution in [2.24, 2.45) is 0 Å². The summed E-state index contributed by atoms with van der Waals surface area (Å²) in [6.45, 7) is 0. The van der Waals surface area contributed by atoms with Crippen molar-refractivity contribution in [3.63, 3.8) is 0 Å². The minimum atomic E-state index is 1.21. The molecule has 0 N–H and O–H groups in total. The van der Waals surface area contributed by atoms with Crippen LogP contribution >= 0.6 is 12.6 Å². The van der Waals surface area contributed by atoms with Crippen molar-refractivity contribution in [3.05, 3.63) is 10.9 Å². The third kappa shape index (κ3) is 3.51. The Hall–Kier alpha value is -0.490. The fourth-order valence-corrected chi connectivity index (χ4v) is 0.0775. The van der Waals surface area contributed by atoms with Gasteiger partial charge in [-0.2, -0.15) is 0 Å². The summed E-state index contributed by atoms with van der Waals surface area (Å²) in [5.74, 6) is 2.03. The van der Waals surface area contributed by atoms with E-state index in [4.69, 9.17) is 5.53 Å². The molecule has 0 aromatic heterocycles. The lowest BCUT2D eigenvalue weighted by atomic mass is 11.2. The minimum absolute atomic E-state index is 1.21. The maximum Gasteiger partial charge on any atom is 0.306 e. The Labute approximate surface area is 35.2 Å². The van der Waals surface area contributed by atoms with Crippen molar-refractivity contribution in [3.8, 4) is 0 Å². The van der Waals surface area contributed by atoms with Gasteiger partial charge in [-0.25, -0.2) is 0 Å². The fourth-order valence-electron chi connectivity index (χ4n) is 0.0258. The Morgan fingerprint density at radius 1 is 2.00 bits per heavy atom. The zero-order valence-electron chi connectivity index (χ0n) is 2.42. The average molecular weight is 86.1 g/mol. The zero-order chi connectivity index (χ0) is 4.12. The lowest BCUT2D eigenvalue weighted by molar-refractivity contribution is 0.00821. The molecule has 3 heteroatoms. The molecule has 0 saturated heterocycles. The molecule has 0 unspecified atom stereocenters. The zero-order valence-corrected chi connectivity index (χ0v) is 3.31. The van der Waals surface area contributed by atoms with Crippen molar-refractivity contribution in [1.29, 1.82) is 0 Å². The lowest BCUT2D eigenvalue weighted by Gasteiger charge is -1.31. The van der Waals surface area contributed by atoms with Crippen LogP contribution in [-0.4, -0.2) is 10.7 Å². The maximum absolute atomic E-state index is 7.50. The van der Waals surface area contributed by atoms with Gasteiger partial charge < -0.3 is 5.53 Å². The second-order valence-corrected chi connectivity index (χ2v) is 0.616. The van der Waals surface area contributed by atoms with E-state index in [0.717, 1.165) is 0 Å². The molecular formula is C2H2N2S. The topological polar surface area (TPSA) is 36.4 Å². The SMILES string of the molecule is [N-]=[N+]=C=CS. The summed E-state index contributed by atoms with van der Waals surface area (Å²) < 4.78 is 0. The molecule has 2 nitrogen and oxygen atoms in total. The Kier molecular flexibility index (Phi) is 3.17.